The van der Waals surface area contributed by atoms with E-state index < -0.39 is 5.97 Å². The molecule has 0 aliphatic carbocycles. The average molecular weight is 280 g/mol. The van der Waals surface area contributed by atoms with E-state index >= 15 is 0 Å². The minimum atomic E-state index is -1.07. The molecule has 0 fully saturated rings. The highest BCUT2D eigenvalue weighted by molar-refractivity contribution is 6.30. The van der Waals surface area contributed by atoms with E-state index in [1.165, 1.54) is 0 Å². The predicted octanol–water partition coefficient (Wildman–Crippen LogP) is 3.05. The standard InChI is InChI=1S/C13H14ClN3O2/c1-7(2)12-11(13(18)19)15-16-17(12)10-6-9(14)5-4-8(10)3/h4-7H,1-3H3,(H,18,19). The molecule has 2 rings (SSSR count). The second-order valence-corrected chi connectivity index (χ2v) is 5.06. The monoisotopic (exact) mass is 279 g/mol. The van der Waals surface area contributed by atoms with Gasteiger partial charge in [-0.05, 0) is 30.5 Å². The van der Waals surface area contributed by atoms with Gasteiger partial charge in [0.1, 0.15) is 0 Å². The summed E-state index contributed by atoms with van der Waals surface area (Å²) in [5, 5.41) is 17.4. The van der Waals surface area contributed by atoms with Gasteiger partial charge in [0.15, 0.2) is 5.69 Å². The topological polar surface area (TPSA) is 68.0 Å². The number of aryl methyl sites for hydroxylation is 1. The molecular weight excluding hydrogens is 266 g/mol. The van der Waals surface area contributed by atoms with E-state index in [1.807, 2.05) is 26.8 Å². The summed E-state index contributed by atoms with van der Waals surface area (Å²) in [7, 11) is 0. The molecule has 1 heterocycles. The summed E-state index contributed by atoms with van der Waals surface area (Å²) >= 11 is 5.99. The number of rotatable bonds is 3. The van der Waals surface area contributed by atoms with Gasteiger partial charge in [-0.3, -0.25) is 0 Å². The number of hydrogen-bond acceptors (Lipinski definition) is 3. The highest BCUT2D eigenvalue weighted by atomic mass is 35.5. The number of benzene rings is 1. The first-order chi connectivity index (χ1) is 8.91. The van der Waals surface area contributed by atoms with Gasteiger partial charge in [0.25, 0.3) is 0 Å². The van der Waals surface area contributed by atoms with Gasteiger partial charge >= 0.3 is 5.97 Å². The normalized spacial score (nSPS) is 11.0. The van der Waals surface area contributed by atoms with Crippen LogP contribution in [0.25, 0.3) is 5.69 Å². The van der Waals surface area contributed by atoms with Crippen molar-refractivity contribution in [2.24, 2.45) is 0 Å². The molecular formula is C13H14ClN3O2. The zero-order valence-corrected chi connectivity index (χ0v) is 11.6. The van der Waals surface area contributed by atoms with E-state index in [2.05, 4.69) is 10.3 Å². The van der Waals surface area contributed by atoms with E-state index in [9.17, 15) is 4.79 Å². The molecule has 0 aliphatic rings. The van der Waals surface area contributed by atoms with E-state index in [4.69, 9.17) is 16.7 Å². The fourth-order valence-electron chi connectivity index (χ4n) is 1.95. The van der Waals surface area contributed by atoms with Gasteiger partial charge in [-0.25, -0.2) is 9.48 Å². The summed E-state index contributed by atoms with van der Waals surface area (Å²) < 4.78 is 1.55. The Bertz CT molecular complexity index is 635. The van der Waals surface area contributed by atoms with Crippen molar-refractivity contribution in [2.45, 2.75) is 26.7 Å². The third kappa shape index (κ3) is 2.46. The van der Waals surface area contributed by atoms with Gasteiger partial charge < -0.3 is 5.11 Å². The van der Waals surface area contributed by atoms with Crippen LogP contribution in [0.3, 0.4) is 0 Å². The van der Waals surface area contributed by atoms with Gasteiger partial charge in [-0.1, -0.05) is 36.7 Å². The van der Waals surface area contributed by atoms with Crippen LogP contribution in [0, 0.1) is 6.92 Å². The first-order valence-corrected chi connectivity index (χ1v) is 6.25. The molecule has 1 aromatic carbocycles. The molecule has 5 nitrogen and oxygen atoms in total. The number of nitrogens with zero attached hydrogens (tertiary/aromatic N) is 3. The summed E-state index contributed by atoms with van der Waals surface area (Å²) in [6.45, 7) is 5.72. The Hall–Kier alpha value is -1.88. The number of hydrogen-bond donors (Lipinski definition) is 1. The largest absolute Gasteiger partial charge is 0.476 e. The van der Waals surface area contributed by atoms with E-state index in [-0.39, 0.29) is 11.6 Å². The van der Waals surface area contributed by atoms with Crippen LogP contribution in [0.2, 0.25) is 5.02 Å². The quantitative estimate of drug-likeness (QED) is 0.937. The summed E-state index contributed by atoms with van der Waals surface area (Å²) in [6, 6.07) is 5.40. The molecule has 6 heteroatoms. The molecule has 0 saturated carbocycles. The van der Waals surface area contributed by atoms with Gasteiger partial charge in [0.2, 0.25) is 0 Å². The highest BCUT2D eigenvalue weighted by Gasteiger charge is 2.23. The van der Waals surface area contributed by atoms with Crippen molar-refractivity contribution in [3.63, 3.8) is 0 Å². The van der Waals surface area contributed by atoms with Crippen LogP contribution >= 0.6 is 11.6 Å². The van der Waals surface area contributed by atoms with Crippen molar-refractivity contribution < 1.29 is 9.90 Å². The zero-order chi connectivity index (χ0) is 14.2. The molecule has 19 heavy (non-hydrogen) atoms. The maximum absolute atomic E-state index is 11.2. The van der Waals surface area contributed by atoms with Crippen molar-refractivity contribution in [1.29, 1.82) is 0 Å². The number of carbonyl (C=O) groups is 1. The molecule has 0 spiro atoms. The molecule has 2 aromatic rings. The Morgan fingerprint density at radius 1 is 1.42 bits per heavy atom. The maximum atomic E-state index is 11.2. The number of carboxylic acid groups (broad SMARTS) is 1. The van der Waals surface area contributed by atoms with Gasteiger partial charge in [0.05, 0.1) is 11.4 Å². The summed E-state index contributed by atoms with van der Waals surface area (Å²) in [4.78, 5) is 11.2. The van der Waals surface area contributed by atoms with Gasteiger partial charge in [0, 0.05) is 5.02 Å². The second kappa shape index (κ2) is 5.01. The Morgan fingerprint density at radius 2 is 2.11 bits per heavy atom. The van der Waals surface area contributed by atoms with E-state index in [0.717, 1.165) is 11.3 Å². The van der Waals surface area contributed by atoms with Crippen LogP contribution in [-0.4, -0.2) is 26.1 Å². The van der Waals surface area contributed by atoms with Crippen molar-refractivity contribution in [1.82, 2.24) is 15.0 Å². The molecule has 1 aromatic heterocycles. The molecule has 0 amide bonds. The minimum absolute atomic E-state index is 0.0144. The smallest absolute Gasteiger partial charge is 0.358 e. The lowest BCUT2D eigenvalue weighted by Crippen LogP contribution is -2.09. The van der Waals surface area contributed by atoms with Gasteiger partial charge in [-0.15, -0.1) is 5.10 Å². The van der Waals surface area contributed by atoms with Crippen LogP contribution in [0.4, 0.5) is 0 Å². The molecule has 0 unspecified atom stereocenters. The first kappa shape index (κ1) is 13.5. The third-order valence-corrected chi connectivity index (χ3v) is 3.09. The van der Waals surface area contributed by atoms with Crippen molar-refractivity contribution in [3.8, 4) is 5.69 Å². The molecule has 0 saturated heterocycles. The Kier molecular flexibility index (Phi) is 3.57. The van der Waals surface area contributed by atoms with Crippen molar-refractivity contribution in [2.75, 3.05) is 0 Å². The Morgan fingerprint density at radius 3 is 2.68 bits per heavy atom. The maximum Gasteiger partial charge on any atom is 0.358 e. The van der Waals surface area contributed by atoms with Crippen LogP contribution in [-0.2, 0) is 0 Å². The van der Waals surface area contributed by atoms with Crippen LogP contribution in [0.1, 0.15) is 41.5 Å². The fourth-order valence-corrected chi connectivity index (χ4v) is 2.11. The molecule has 0 bridgehead atoms. The van der Waals surface area contributed by atoms with Gasteiger partial charge in [-0.2, -0.15) is 0 Å². The Labute approximate surface area is 115 Å². The molecule has 0 radical (unpaired) electrons. The van der Waals surface area contributed by atoms with E-state index in [1.54, 1.807) is 16.8 Å². The third-order valence-electron chi connectivity index (χ3n) is 2.85. The number of halogens is 1. The summed E-state index contributed by atoms with van der Waals surface area (Å²) in [6.07, 6.45) is 0. The lowest BCUT2D eigenvalue weighted by Gasteiger charge is -2.12. The molecule has 0 aliphatic heterocycles. The fraction of sp³-hybridized carbons (Fsp3) is 0.308. The van der Waals surface area contributed by atoms with Crippen LogP contribution in [0.5, 0.6) is 0 Å². The summed E-state index contributed by atoms with van der Waals surface area (Å²) in [5.41, 5.74) is 2.25. The minimum Gasteiger partial charge on any atom is -0.476 e. The SMILES string of the molecule is Cc1ccc(Cl)cc1-n1nnc(C(=O)O)c1C(C)C. The summed E-state index contributed by atoms with van der Waals surface area (Å²) in [5.74, 6) is -1.09. The second-order valence-electron chi connectivity index (χ2n) is 4.63. The molecule has 1 N–H and O–H groups in total. The average Bonchev–Trinajstić information content (AvgIpc) is 2.76. The first-order valence-electron chi connectivity index (χ1n) is 5.87. The van der Waals surface area contributed by atoms with Crippen LogP contribution in [0.15, 0.2) is 18.2 Å². The molecule has 100 valence electrons. The number of carboxylic acids is 1. The lowest BCUT2D eigenvalue weighted by atomic mass is 10.1. The van der Waals surface area contributed by atoms with Crippen molar-refractivity contribution in [3.05, 3.63) is 40.2 Å². The lowest BCUT2D eigenvalue weighted by molar-refractivity contribution is 0.0688. The highest BCUT2D eigenvalue weighted by Crippen LogP contribution is 2.25. The number of aromatic nitrogens is 3. The molecule has 0 atom stereocenters. The number of aromatic carboxylic acids is 1. The van der Waals surface area contributed by atoms with Crippen molar-refractivity contribution >= 4 is 17.6 Å². The van der Waals surface area contributed by atoms with Crippen LogP contribution < -0.4 is 0 Å². The predicted molar refractivity (Wildman–Crippen MR) is 72.2 cm³/mol. The Balaban J connectivity index is 2.69. The zero-order valence-electron chi connectivity index (χ0n) is 10.9. The van der Waals surface area contributed by atoms with E-state index in [0.29, 0.717) is 10.7 Å².